The van der Waals surface area contributed by atoms with E-state index in [9.17, 15) is 0 Å². The van der Waals surface area contributed by atoms with Gasteiger partial charge in [0.2, 0.25) is 0 Å². The molecular weight excluding hydrogens is 383 g/mol. The Morgan fingerprint density at radius 1 is 1.35 bits per heavy atom. The third-order valence-electron chi connectivity index (χ3n) is 3.81. The van der Waals surface area contributed by atoms with Crippen LogP contribution in [0.25, 0.3) is 0 Å². The Morgan fingerprint density at radius 2 is 2.20 bits per heavy atom. The summed E-state index contributed by atoms with van der Waals surface area (Å²) in [4.78, 5) is 8.55. The van der Waals surface area contributed by atoms with Gasteiger partial charge in [0.15, 0.2) is 5.96 Å². The minimum atomic E-state index is 0. The van der Waals surface area contributed by atoms with Crippen molar-refractivity contribution in [2.24, 2.45) is 4.99 Å². The number of likely N-dealkylation sites (tertiary alicyclic amines) is 1. The zero-order valence-electron chi connectivity index (χ0n) is 11.7. The molecular formula is C14H23IN4S. The molecule has 1 fully saturated rings. The van der Waals surface area contributed by atoms with Crippen LogP contribution in [0.4, 0.5) is 0 Å². The van der Waals surface area contributed by atoms with Gasteiger partial charge in [0.1, 0.15) is 0 Å². The number of hydrogen-bond acceptors (Lipinski definition) is 5. The number of guanidine groups is 1. The lowest BCUT2D eigenvalue weighted by molar-refractivity contribution is 0.249. The van der Waals surface area contributed by atoms with Gasteiger partial charge in [-0.15, -0.1) is 35.3 Å². The summed E-state index contributed by atoms with van der Waals surface area (Å²) in [6.45, 7) is 5.39. The molecule has 1 aromatic heterocycles. The van der Waals surface area contributed by atoms with E-state index >= 15 is 0 Å². The highest BCUT2D eigenvalue weighted by Crippen LogP contribution is 2.27. The molecule has 1 saturated heterocycles. The highest BCUT2D eigenvalue weighted by molar-refractivity contribution is 14.0. The van der Waals surface area contributed by atoms with Crippen LogP contribution in [0, 0.1) is 0 Å². The second kappa shape index (κ2) is 8.19. The molecule has 2 aliphatic heterocycles. The normalized spacial score (nSPS) is 20.7. The van der Waals surface area contributed by atoms with Crippen molar-refractivity contribution < 1.29 is 0 Å². The van der Waals surface area contributed by atoms with E-state index in [-0.39, 0.29) is 24.0 Å². The molecule has 0 aliphatic carbocycles. The molecule has 4 nitrogen and oxygen atoms in total. The quantitative estimate of drug-likeness (QED) is 0.755. The maximum absolute atomic E-state index is 4.49. The van der Waals surface area contributed by atoms with Crippen LogP contribution >= 0.6 is 35.3 Å². The van der Waals surface area contributed by atoms with Gasteiger partial charge in [0, 0.05) is 24.5 Å². The van der Waals surface area contributed by atoms with Crippen LogP contribution in [0.2, 0.25) is 0 Å². The summed E-state index contributed by atoms with van der Waals surface area (Å²) in [5, 5.41) is 9.00. The molecule has 0 radical (unpaired) electrons. The smallest absolute Gasteiger partial charge is 0.191 e. The lowest BCUT2D eigenvalue weighted by Crippen LogP contribution is -2.44. The number of thiophene rings is 1. The van der Waals surface area contributed by atoms with Crippen LogP contribution in [-0.2, 0) is 0 Å². The van der Waals surface area contributed by atoms with Crippen molar-refractivity contribution in [3.63, 3.8) is 0 Å². The number of halogens is 1. The molecule has 2 aliphatic rings. The fraction of sp³-hybridized carbons (Fsp3) is 0.643. The predicted molar refractivity (Wildman–Crippen MR) is 96.2 cm³/mol. The van der Waals surface area contributed by atoms with Gasteiger partial charge in [0.25, 0.3) is 0 Å². The highest BCUT2D eigenvalue weighted by atomic mass is 127. The van der Waals surface area contributed by atoms with E-state index < -0.39 is 0 Å². The lowest BCUT2D eigenvalue weighted by Gasteiger charge is -2.28. The van der Waals surface area contributed by atoms with Crippen molar-refractivity contribution in [3.8, 4) is 0 Å². The van der Waals surface area contributed by atoms with Crippen molar-refractivity contribution in [1.29, 1.82) is 0 Å². The van der Waals surface area contributed by atoms with E-state index in [1.807, 2.05) is 11.3 Å². The number of aliphatic imine (C=N–C) groups is 1. The Labute approximate surface area is 142 Å². The first-order chi connectivity index (χ1) is 9.43. The Kier molecular flexibility index (Phi) is 6.57. The van der Waals surface area contributed by atoms with Gasteiger partial charge in [-0.3, -0.25) is 9.89 Å². The first-order valence-electron chi connectivity index (χ1n) is 7.23. The van der Waals surface area contributed by atoms with E-state index in [4.69, 9.17) is 0 Å². The average molecular weight is 406 g/mol. The van der Waals surface area contributed by atoms with Gasteiger partial charge in [-0.2, -0.15) is 0 Å². The van der Waals surface area contributed by atoms with Crippen molar-refractivity contribution in [1.82, 2.24) is 15.5 Å². The Balaban J connectivity index is 0.00000147. The van der Waals surface area contributed by atoms with E-state index in [2.05, 4.69) is 38.0 Å². The molecule has 0 amide bonds. The van der Waals surface area contributed by atoms with Crippen molar-refractivity contribution in [2.75, 3.05) is 32.7 Å². The molecule has 0 spiro atoms. The molecule has 3 rings (SSSR count). The first-order valence-corrected chi connectivity index (χ1v) is 8.11. The van der Waals surface area contributed by atoms with E-state index in [0.29, 0.717) is 6.04 Å². The van der Waals surface area contributed by atoms with Gasteiger partial charge in [0.05, 0.1) is 6.04 Å². The van der Waals surface area contributed by atoms with E-state index in [1.54, 1.807) is 0 Å². The Bertz CT molecular complexity index is 415. The Hall–Kier alpha value is -0.340. The average Bonchev–Trinajstić information content (AvgIpc) is 3.13. The SMILES string of the molecule is I.c1csc(C(CNC2=NCCCN2)N2CCCC2)c1. The van der Waals surface area contributed by atoms with Crippen LogP contribution in [0.15, 0.2) is 22.5 Å². The maximum atomic E-state index is 4.49. The molecule has 20 heavy (non-hydrogen) atoms. The topological polar surface area (TPSA) is 39.7 Å². The molecule has 0 saturated carbocycles. The number of hydrogen-bond donors (Lipinski definition) is 2. The fourth-order valence-electron chi connectivity index (χ4n) is 2.79. The summed E-state index contributed by atoms with van der Waals surface area (Å²) in [5.74, 6) is 0.979. The van der Waals surface area contributed by atoms with Crippen LogP contribution in [0.1, 0.15) is 30.2 Å². The molecule has 112 valence electrons. The van der Waals surface area contributed by atoms with Crippen molar-refractivity contribution >= 4 is 41.3 Å². The van der Waals surface area contributed by atoms with E-state index in [1.165, 1.54) is 30.8 Å². The lowest BCUT2D eigenvalue weighted by atomic mass is 10.2. The zero-order chi connectivity index (χ0) is 12.9. The molecule has 1 atom stereocenters. The highest BCUT2D eigenvalue weighted by Gasteiger charge is 2.24. The van der Waals surface area contributed by atoms with Gasteiger partial charge in [-0.1, -0.05) is 6.07 Å². The summed E-state index contributed by atoms with van der Waals surface area (Å²) in [6.07, 6.45) is 3.81. The summed E-state index contributed by atoms with van der Waals surface area (Å²) in [7, 11) is 0. The van der Waals surface area contributed by atoms with Crippen LogP contribution in [0.3, 0.4) is 0 Å². The summed E-state index contributed by atoms with van der Waals surface area (Å²) in [6, 6.07) is 4.90. The molecule has 0 aromatic carbocycles. The van der Waals surface area contributed by atoms with Gasteiger partial charge in [-0.05, 0) is 43.8 Å². The second-order valence-corrected chi connectivity index (χ2v) is 6.15. The number of nitrogens with zero attached hydrogens (tertiary/aromatic N) is 2. The molecule has 0 bridgehead atoms. The van der Waals surface area contributed by atoms with Crippen LogP contribution < -0.4 is 10.6 Å². The standard InChI is InChI=1S/C14H22N4S.HI/c1-2-9-18(8-1)12(13-5-3-10-19-13)11-17-14-15-6-4-7-16-14;/h3,5,10,12H,1-2,4,6-9,11H2,(H2,15,16,17);1H. The van der Waals surface area contributed by atoms with Crippen molar-refractivity contribution in [3.05, 3.63) is 22.4 Å². The minimum absolute atomic E-state index is 0. The molecule has 2 N–H and O–H groups in total. The molecule has 6 heteroatoms. The number of rotatable bonds is 4. The second-order valence-electron chi connectivity index (χ2n) is 5.17. The Morgan fingerprint density at radius 3 is 2.85 bits per heavy atom. The van der Waals surface area contributed by atoms with Crippen molar-refractivity contribution in [2.45, 2.75) is 25.3 Å². The van der Waals surface area contributed by atoms with Crippen LogP contribution in [0.5, 0.6) is 0 Å². The summed E-state index contributed by atoms with van der Waals surface area (Å²) in [5.41, 5.74) is 0. The van der Waals surface area contributed by atoms with Gasteiger partial charge >= 0.3 is 0 Å². The molecule has 1 unspecified atom stereocenters. The third kappa shape index (κ3) is 4.08. The zero-order valence-corrected chi connectivity index (χ0v) is 14.8. The van der Waals surface area contributed by atoms with Crippen LogP contribution in [-0.4, -0.2) is 43.6 Å². The largest absolute Gasteiger partial charge is 0.356 e. The maximum Gasteiger partial charge on any atom is 0.191 e. The fourth-order valence-corrected chi connectivity index (χ4v) is 3.65. The minimum Gasteiger partial charge on any atom is -0.356 e. The molecule has 1 aromatic rings. The number of nitrogens with one attached hydrogen (secondary N) is 2. The van der Waals surface area contributed by atoms with E-state index in [0.717, 1.165) is 32.0 Å². The summed E-state index contributed by atoms with van der Waals surface area (Å²) < 4.78 is 0. The first kappa shape index (κ1) is 16.0. The monoisotopic (exact) mass is 406 g/mol. The molecule has 3 heterocycles. The summed E-state index contributed by atoms with van der Waals surface area (Å²) >= 11 is 1.86. The third-order valence-corrected chi connectivity index (χ3v) is 4.79. The van der Waals surface area contributed by atoms with Gasteiger partial charge < -0.3 is 10.6 Å². The predicted octanol–water partition coefficient (Wildman–Crippen LogP) is 2.44. The van der Waals surface area contributed by atoms with Gasteiger partial charge in [-0.25, -0.2) is 0 Å².